The lowest BCUT2D eigenvalue weighted by atomic mass is 9.98. The highest BCUT2D eigenvalue weighted by molar-refractivity contribution is 7.90. The normalized spacial score (nSPS) is 22.7. The first-order chi connectivity index (χ1) is 39.4. The van der Waals surface area contributed by atoms with Crippen molar-refractivity contribution in [1.82, 2.24) is 50.3 Å². The number of carbonyl (C=O) groups is 6. The van der Waals surface area contributed by atoms with Crippen molar-refractivity contribution in [3.05, 3.63) is 168 Å². The molecule has 4 fully saturated rings. The van der Waals surface area contributed by atoms with E-state index in [2.05, 4.69) is 31.9 Å². The molecule has 0 aromatic heterocycles. The maximum absolute atomic E-state index is 15.0. The van der Waals surface area contributed by atoms with Crippen LogP contribution in [-0.2, 0) is 48.8 Å². The molecule has 1 unspecified atom stereocenters. The molecule has 5 aromatic rings. The van der Waals surface area contributed by atoms with Crippen LogP contribution < -0.4 is 31.9 Å². The monoisotopic (exact) mass is 1160 g/mol. The maximum atomic E-state index is 15.0. The van der Waals surface area contributed by atoms with Gasteiger partial charge in [-0.15, -0.1) is 0 Å². The quantitative estimate of drug-likeness (QED) is 0.0740. The van der Waals surface area contributed by atoms with E-state index in [1.807, 2.05) is 121 Å². The van der Waals surface area contributed by atoms with Crippen molar-refractivity contribution < 1.29 is 45.6 Å². The van der Waals surface area contributed by atoms with Crippen molar-refractivity contribution in [2.45, 2.75) is 123 Å². The van der Waals surface area contributed by atoms with E-state index in [9.17, 15) is 28.8 Å². The van der Waals surface area contributed by atoms with Gasteiger partial charge < -0.3 is 41.7 Å². The Balaban J connectivity index is 0.962. The Morgan fingerprint density at radius 1 is 0.463 bits per heavy atom. The molecule has 20 nitrogen and oxygen atoms in total. The summed E-state index contributed by atoms with van der Waals surface area (Å²) in [6, 6.07) is 34.0. The zero-order valence-corrected chi connectivity index (χ0v) is 48.0. The van der Waals surface area contributed by atoms with Crippen molar-refractivity contribution in [2.75, 3.05) is 40.3 Å². The summed E-state index contributed by atoms with van der Waals surface area (Å²) >= 11 is 0. The van der Waals surface area contributed by atoms with Gasteiger partial charge in [-0.3, -0.25) is 28.8 Å². The molecular formula is C60H72N10O10S2. The van der Waals surface area contributed by atoms with E-state index in [1.54, 1.807) is 27.9 Å². The average Bonchev–Trinajstić information content (AvgIpc) is 4.28. The summed E-state index contributed by atoms with van der Waals surface area (Å²) < 4.78 is 62.2. The van der Waals surface area contributed by atoms with Crippen LogP contribution in [0.5, 0.6) is 0 Å². The topological polar surface area (TPSA) is 256 Å². The number of hydrogen-bond acceptors (Lipinski definition) is 12. The van der Waals surface area contributed by atoms with Crippen LogP contribution in [-0.4, -0.2) is 159 Å². The molecule has 82 heavy (non-hydrogen) atoms. The van der Waals surface area contributed by atoms with Crippen LogP contribution >= 0.6 is 0 Å². The van der Waals surface area contributed by atoms with E-state index in [0.29, 0.717) is 12.8 Å². The summed E-state index contributed by atoms with van der Waals surface area (Å²) in [6.07, 6.45) is 1.54. The molecule has 6 amide bonds. The Morgan fingerprint density at radius 2 is 0.793 bits per heavy atom. The van der Waals surface area contributed by atoms with Crippen molar-refractivity contribution in [3.8, 4) is 0 Å². The number of rotatable bonds is 18. The van der Waals surface area contributed by atoms with E-state index in [0.717, 1.165) is 36.9 Å². The fourth-order valence-corrected chi connectivity index (χ4v) is 14.7. The highest BCUT2D eigenvalue weighted by atomic mass is 32.2. The summed E-state index contributed by atoms with van der Waals surface area (Å²) in [5.74, 6) is -3.25. The number of hydrogen-bond donors (Lipinski definition) is 6. The number of likely N-dealkylation sites (N-methyl/N-ethyl adjacent to an activating group) is 2. The third-order valence-corrected chi connectivity index (χ3v) is 20.1. The van der Waals surface area contributed by atoms with Gasteiger partial charge in [0.05, 0.1) is 34.0 Å². The van der Waals surface area contributed by atoms with Gasteiger partial charge in [-0.1, -0.05) is 127 Å². The molecule has 4 heterocycles. The highest BCUT2D eigenvalue weighted by Crippen LogP contribution is 2.35. The number of amides is 6. The summed E-state index contributed by atoms with van der Waals surface area (Å²) in [6.45, 7) is 1.80. The van der Waals surface area contributed by atoms with Crippen LogP contribution in [0.3, 0.4) is 0 Å². The first-order valence-electron chi connectivity index (χ1n) is 27.9. The Hall–Kier alpha value is -7.34. The zero-order valence-electron chi connectivity index (χ0n) is 46.4. The fourth-order valence-electron chi connectivity index (χ4n) is 11.6. The van der Waals surface area contributed by atoms with Gasteiger partial charge >= 0.3 is 0 Å². The lowest BCUT2D eigenvalue weighted by Crippen LogP contribution is -2.62. The second-order valence-corrected chi connectivity index (χ2v) is 25.3. The van der Waals surface area contributed by atoms with Gasteiger partial charge in [-0.2, -0.15) is 8.61 Å². The molecule has 0 radical (unpaired) electrons. The SMILES string of the molecule is CN[C@@H](C)C(=O)N[C@H]1CN(S(=O)(=O)c2cccc(S(=O)(=O)N3CC[C@H]4CC[C@@H](C(=O)NC(c5ccccc5)c5ccccc5)N4C(=O)[C@@H](NC(=O)[C@H](C)NC)C3)c2)CCC2CC[C@@H](C(=O)NC(c3ccccc3)c3ccccc3)N2C1=O. The van der Waals surface area contributed by atoms with Gasteiger partial charge in [0.1, 0.15) is 24.2 Å². The van der Waals surface area contributed by atoms with Crippen LogP contribution in [0.1, 0.15) is 86.7 Å². The number of fused-ring (bicyclic) bond motifs is 2. The van der Waals surface area contributed by atoms with E-state index in [4.69, 9.17) is 0 Å². The molecule has 0 saturated carbocycles. The van der Waals surface area contributed by atoms with Crippen molar-refractivity contribution in [2.24, 2.45) is 0 Å². The fraction of sp³-hybridized carbons (Fsp3) is 0.400. The number of carbonyl (C=O) groups excluding carboxylic acids is 6. The van der Waals surface area contributed by atoms with Crippen LogP contribution in [0.2, 0.25) is 0 Å². The minimum atomic E-state index is -4.63. The Labute approximate surface area is 479 Å². The largest absolute Gasteiger partial charge is 0.343 e. The lowest BCUT2D eigenvalue weighted by molar-refractivity contribution is -0.144. The molecule has 4 aliphatic rings. The van der Waals surface area contributed by atoms with E-state index in [1.165, 1.54) is 28.0 Å². The maximum Gasteiger partial charge on any atom is 0.247 e. The van der Waals surface area contributed by atoms with Crippen LogP contribution in [0.25, 0.3) is 0 Å². The average molecular weight is 1160 g/mol. The van der Waals surface area contributed by atoms with E-state index < -0.39 is 139 Å². The third-order valence-electron chi connectivity index (χ3n) is 16.4. The molecule has 0 spiro atoms. The zero-order chi connectivity index (χ0) is 58.3. The number of benzene rings is 5. The predicted octanol–water partition coefficient (Wildman–Crippen LogP) is 3.19. The van der Waals surface area contributed by atoms with Crippen molar-refractivity contribution in [3.63, 3.8) is 0 Å². The van der Waals surface area contributed by atoms with Gasteiger partial charge in [-0.05, 0) is 107 Å². The van der Waals surface area contributed by atoms with Gasteiger partial charge in [0.15, 0.2) is 0 Å². The molecule has 9 rings (SSSR count). The van der Waals surface area contributed by atoms with Crippen LogP contribution in [0.4, 0.5) is 0 Å². The first-order valence-corrected chi connectivity index (χ1v) is 30.8. The van der Waals surface area contributed by atoms with Gasteiger partial charge in [0.25, 0.3) is 0 Å². The number of sulfonamides is 2. The van der Waals surface area contributed by atoms with Gasteiger partial charge in [0, 0.05) is 38.3 Å². The molecule has 22 heteroatoms. The summed E-state index contributed by atoms with van der Waals surface area (Å²) in [5, 5.41) is 17.5. The van der Waals surface area contributed by atoms with Crippen LogP contribution in [0, 0.1) is 0 Å². The Bertz CT molecular complexity index is 3030. The van der Waals surface area contributed by atoms with E-state index in [-0.39, 0.29) is 38.8 Å². The summed E-state index contributed by atoms with van der Waals surface area (Å²) in [5.41, 5.74) is 3.33. The predicted molar refractivity (Wildman–Crippen MR) is 307 cm³/mol. The minimum Gasteiger partial charge on any atom is -0.343 e. The van der Waals surface area contributed by atoms with Gasteiger partial charge in [0.2, 0.25) is 55.5 Å². The summed E-state index contributed by atoms with van der Waals surface area (Å²) in [7, 11) is -6.13. The third kappa shape index (κ3) is 12.8. The van der Waals surface area contributed by atoms with Crippen molar-refractivity contribution >= 4 is 55.5 Å². The van der Waals surface area contributed by atoms with Gasteiger partial charge in [-0.25, -0.2) is 16.8 Å². The number of nitrogens with one attached hydrogen (secondary N) is 6. The molecule has 0 bridgehead atoms. The molecule has 4 saturated heterocycles. The molecule has 0 aliphatic carbocycles. The molecular weight excluding hydrogens is 1080 g/mol. The lowest BCUT2D eigenvalue weighted by Gasteiger charge is -2.39. The molecule has 6 N–H and O–H groups in total. The second-order valence-electron chi connectivity index (χ2n) is 21.4. The van der Waals surface area contributed by atoms with Crippen LogP contribution in [0.15, 0.2) is 155 Å². The van der Waals surface area contributed by atoms with E-state index >= 15 is 16.8 Å². The second kappa shape index (κ2) is 25.8. The molecule has 5 aromatic carbocycles. The Morgan fingerprint density at radius 3 is 1.11 bits per heavy atom. The summed E-state index contributed by atoms with van der Waals surface area (Å²) in [4.78, 5) is 88.2. The molecule has 8 atom stereocenters. The minimum absolute atomic E-state index is 0.129. The molecule has 434 valence electrons. The Kier molecular flexibility index (Phi) is 18.7. The standard InChI is InChI=1S/C60H72N10O10S2/c1-39(61-3)55(71)63-49-37-67(34-32-45-28-30-51(69(45)59(49)75)57(73)65-53(41-18-9-5-10-19-41)42-20-11-6-12-21-42)81(77,78)47-26-17-27-48(36-47)82(79,80)68-35-33-46-29-31-52(70(46)60(76)50(38-68)64-56(72)40(2)62-4)58(74)66-54(43-22-13-7-14-23-43)44-24-15-8-16-25-44/h5-27,36,39-40,45-46,49-54,61-62H,28-35,37-38H2,1-4H3,(H,63,71)(H,64,72)(H,65,73)(H,66,74)/t39-,40-,45+,46?,49-,50-,51-,52-/m0/s1. The smallest absolute Gasteiger partial charge is 0.247 e. The highest BCUT2D eigenvalue weighted by Gasteiger charge is 2.49. The molecule has 4 aliphatic heterocycles. The first kappa shape index (κ1) is 59.3. The number of nitrogens with zero attached hydrogens (tertiary/aromatic N) is 4. The van der Waals surface area contributed by atoms with Crippen molar-refractivity contribution in [1.29, 1.82) is 0 Å².